The van der Waals surface area contributed by atoms with Crippen LogP contribution < -0.4 is 9.47 Å². The predicted molar refractivity (Wildman–Crippen MR) is 147 cm³/mol. The van der Waals surface area contributed by atoms with E-state index in [0.717, 1.165) is 61.9 Å². The lowest BCUT2D eigenvalue weighted by atomic mass is 10.1. The van der Waals surface area contributed by atoms with Gasteiger partial charge in [0.15, 0.2) is 0 Å². The van der Waals surface area contributed by atoms with Crippen molar-refractivity contribution in [2.24, 2.45) is 29.1 Å². The molecule has 0 bridgehead atoms. The minimum absolute atomic E-state index is 0.306. The third-order valence-corrected chi connectivity index (χ3v) is 7.29. The smallest absolute Gasteiger partial charge is 0.378 e. The van der Waals surface area contributed by atoms with Crippen molar-refractivity contribution in [1.29, 1.82) is 0 Å². The molecule has 0 fully saturated rings. The van der Waals surface area contributed by atoms with E-state index in [-0.39, 0.29) is 0 Å². The first-order chi connectivity index (χ1) is 16.7. The molecule has 0 aliphatic rings. The summed E-state index contributed by atoms with van der Waals surface area (Å²) in [6.45, 7) is 18.9. The topological polar surface area (TPSA) is 50.3 Å². The van der Waals surface area contributed by atoms with Crippen LogP contribution in [0.3, 0.4) is 0 Å². The van der Waals surface area contributed by atoms with Crippen LogP contribution in [-0.4, -0.2) is 38.5 Å². The molecule has 1 aromatic heterocycles. The van der Waals surface area contributed by atoms with Gasteiger partial charge in [-0.1, -0.05) is 27.7 Å². The lowest BCUT2D eigenvalue weighted by molar-refractivity contribution is -0.654. The van der Waals surface area contributed by atoms with Gasteiger partial charge in [-0.05, 0) is 92.1 Å². The number of thiazole rings is 1. The van der Waals surface area contributed by atoms with E-state index in [2.05, 4.69) is 81.8 Å². The molecule has 0 amide bonds. The van der Waals surface area contributed by atoms with Gasteiger partial charge in [-0.3, -0.25) is 0 Å². The SMILES string of the molecule is CCC(C)OCC(C)CCN(CC(C)COC(C)CC)c1ccc(N=Nc2scc[n+]2C)c(C)c1. The Morgan fingerprint density at radius 3 is 2.20 bits per heavy atom. The van der Waals surface area contributed by atoms with Crippen molar-refractivity contribution in [2.75, 3.05) is 31.2 Å². The Labute approximate surface area is 217 Å². The average Bonchev–Trinajstić information content (AvgIpc) is 3.26. The van der Waals surface area contributed by atoms with Gasteiger partial charge in [0.25, 0.3) is 0 Å². The molecule has 0 saturated heterocycles. The summed E-state index contributed by atoms with van der Waals surface area (Å²) in [4.78, 5) is 2.50. The van der Waals surface area contributed by atoms with E-state index in [4.69, 9.17) is 9.47 Å². The van der Waals surface area contributed by atoms with Gasteiger partial charge < -0.3 is 14.4 Å². The molecular weight excluding hydrogens is 456 g/mol. The van der Waals surface area contributed by atoms with Gasteiger partial charge in [-0.2, -0.15) is 0 Å². The van der Waals surface area contributed by atoms with Crippen LogP contribution in [0.2, 0.25) is 0 Å². The summed E-state index contributed by atoms with van der Waals surface area (Å²) >= 11 is 1.59. The monoisotopic (exact) mass is 503 g/mol. The summed E-state index contributed by atoms with van der Waals surface area (Å²) in [5, 5.41) is 11.8. The Kier molecular flexibility index (Phi) is 12.9. The summed E-state index contributed by atoms with van der Waals surface area (Å²) in [6.07, 6.45) is 5.81. The van der Waals surface area contributed by atoms with Crippen LogP contribution in [0.15, 0.2) is 40.0 Å². The number of nitrogens with zero attached hydrogens (tertiary/aromatic N) is 4. The highest BCUT2D eigenvalue weighted by Crippen LogP contribution is 2.28. The number of hydrogen-bond acceptors (Lipinski definition) is 6. The average molecular weight is 504 g/mol. The zero-order valence-electron chi connectivity index (χ0n) is 23.2. The second kappa shape index (κ2) is 15.3. The van der Waals surface area contributed by atoms with Crippen molar-refractivity contribution >= 4 is 27.8 Å². The molecule has 196 valence electrons. The lowest BCUT2D eigenvalue weighted by Crippen LogP contribution is -2.33. The van der Waals surface area contributed by atoms with Crippen molar-refractivity contribution < 1.29 is 14.0 Å². The van der Waals surface area contributed by atoms with Crippen molar-refractivity contribution in [3.05, 3.63) is 35.3 Å². The predicted octanol–water partition coefficient (Wildman–Crippen LogP) is 7.40. The minimum Gasteiger partial charge on any atom is -0.378 e. The number of azo groups is 1. The maximum atomic E-state index is 6.04. The first-order valence-corrected chi connectivity index (χ1v) is 14.0. The standard InChI is InChI=1S/C28H47N4O2S/c1-9-24(6)33-19-21(3)13-14-32(18-22(4)20-34-25(7)10-2)26-11-12-27(23(5)17-26)29-30-28-31(8)15-16-35-28/h11-12,15-17,21-22,24-25H,9-10,13-14,18-20H2,1-8H3/q+1. The highest BCUT2D eigenvalue weighted by Gasteiger charge is 2.16. The van der Waals surface area contributed by atoms with Crippen molar-refractivity contribution in [3.8, 4) is 0 Å². The Hall–Kier alpha value is -1.83. The van der Waals surface area contributed by atoms with E-state index in [1.807, 2.05) is 23.2 Å². The summed E-state index contributed by atoms with van der Waals surface area (Å²) < 4.78 is 14.0. The molecule has 1 aromatic carbocycles. The summed E-state index contributed by atoms with van der Waals surface area (Å²) in [6, 6.07) is 6.51. The molecule has 0 aliphatic carbocycles. The van der Waals surface area contributed by atoms with Crippen molar-refractivity contribution in [1.82, 2.24) is 0 Å². The zero-order valence-corrected chi connectivity index (χ0v) is 24.0. The van der Waals surface area contributed by atoms with Crippen molar-refractivity contribution in [3.63, 3.8) is 0 Å². The molecule has 0 N–H and O–H groups in total. The highest BCUT2D eigenvalue weighted by atomic mass is 32.1. The third kappa shape index (κ3) is 10.4. The first kappa shape index (κ1) is 29.4. The summed E-state index contributed by atoms with van der Waals surface area (Å²) in [7, 11) is 1.99. The number of benzene rings is 1. The fourth-order valence-corrected chi connectivity index (χ4v) is 4.26. The minimum atomic E-state index is 0.306. The Balaban J connectivity index is 2.10. The number of rotatable bonds is 16. The second-order valence-electron chi connectivity index (χ2n) is 10.0. The third-order valence-electron chi connectivity index (χ3n) is 6.45. The van der Waals surface area contributed by atoms with Gasteiger partial charge in [0.2, 0.25) is 0 Å². The van der Waals surface area contributed by atoms with Gasteiger partial charge >= 0.3 is 5.13 Å². The number of aromatic nitrogens is 1. The fraction of sp³-hybridized carbons (Fsp3) is 0.679. The number of ether oxygens (including phenoxy) is 2. The molecule has 6 nitrogen and oxygen atoms in total. The Bertz CT molecular complexity index is 901. The summed E-state index contributed by atoms with van der Waals surface area (Å²) in [5.41, 5.74) is 3.27. The second-order valence-corrected chi connectivity index (χ2v) is 10.9. The molecule has 2 rings (SSSR count). The van der Waals surface area contributed by atoms with Gasteiger partial charge in [0.1, 0.15) is 11.9 Å². The van der Waals surface area contributed by atoms with E-state index in [9.17, 15) is 0 Å². The molecule has 0 saturated carbocycles. The Morgan fingerprint density at radius 2 is 1.63 bits per heavy atom. The van der Waals surface area contributed by atoms with Crippen LogP contribution in [-0.2, 0) is 16.5 Å². The fourth-order valence-electron chi connectivity index (χ4n) is 3.58. The molecule has 0 spiro atoms. The van der Waals surface area contributed by atoms with E-state index in [1.54, 1.807) is 11.3 Å². The van der Waals surface area contributed by atoms with Crippen LogP contribution in [0.25, 0.3) is 0 Å². The van der Waals surface area contributed by atoms with E-state index < -0.39 is 0 Å². The largest absolute Gasteiger partial charge is 0.408 e. The van der Waals surface area contributed by atoms with E-state index in [1.165, 1.54) is 5.69 Å². The molecule has 0 radical (unpaired) electrons. The van der Waals surface area contributed by atoms with Gasteiger partial charge in [0, 0.05) is 30.8 Å². The van der Waals surface area contributed by atoms with E-state index in [0.29, 0.717) is 24.0 Å². The highest BCUT2D eigenvalue weighted by molar-refractivity contribution is 7.12. The van der Waals surface area contributed by atoms with Crippen LogP contribution in [0.1, 0.15) is 66.4 Å². The van der Waals surface area contributed by atoms with Gasteiger partial charge in [-0.15, -0.1) is 0 Å². The van der Waals surface area contributed by atoms with Gasteiger partial charge in [-0.25, -0.2) is 4.57 Å². The van der Waals surface area contributed by atoms with Crippen LogP contribution in [0.4, 0.5) is 16.5 Å². The molecule has 4 unspecified atom stereocenters. The maximum Gasteiger partial charge on any atom is 0.408 e. The lowest BCUT2D eigenvalue weighted by Gasteiger charge is -2.30. The van der Waals surface area contributed by atoms with Crippen LogP contribution in [0, 0.1) is 18.8 Å². The molecule has 4 atom stereocenters. The van der Waals surface area contributed by atoms with Crippen LogP contribution >= 0.6 is 11.3 Å². The summed E-state index contributed by atoms with van der Waals surface area (Å²) in [5.74, 6) is 0.952. The number of hydrogen-bond donors (Lipinski definition) is 0. The van der Waals surface area contributed by atoms with Crippen molar-refractivity contribution in [2.45, 2.75) is 79.9 Å². The molecule has 0 aliphatic heterocycles. The maximum absolute atomic E-state index is 6.04. The van der Waals surface area contributed by atoms with Gasteiger partial charge in [0.05, 0.1) is 31.0 Å². The quantitative estimate of drug-likeness (QED) is 0.177. The first-order valence-electron chi connectivity index (χ1n) is 13.2. The van der Waals surface area contributed by atoms with E-state index >= 15 is 0 Å². The number of aryl methyl sites for hydroxylation is 2. The number of anilines is 1. The zero-order chi connectivity index (χ0) is 25.8. The molecule has 1 heterocycles. The Morgan fingerprint density at radius 1 is 0.971 bits per heavy atom. The molecule has 7 heteroatoms. The molecule has 2 aromatic rings. The molecular formula is C28H47N4O2S+. The normalized spacial score (nSPS) is 15.3. The van der Waals surface area contributed by atoms with Crippen LogP contribution in [0.5, 0.6) is 0 Å². The molecule has 35 heavy (non-hydrogen) atoms.